The van der Waals surface area contributed by atoms with E-state index in [-0.39, 0.29) is 24.3 Å². The van der Waals surface area contributed by atoms with Crippen LogP contribution in [0.1, 0.15) is 10.4 Å². The quantitative estimate of drug-likeness (QED) is 0.772. The molecule has 2 N–H and O–H groups in total. The van der Waals surface area contributed by atoms with Crippen molar-refractivity contribution < 1.29 is 19.7 Å². The first kappa shape index (κ1) is 11.9. The van der Waals surface area contributed by atoms with Gasteiger partial charge in [0.15, 0.2) is 0 Å². The van der Waals surface area contributed by atoms with Crippen molar-refractivity contribution in [2.45, 2.75) is 6.04 Å². The van der Waals surface area contributed by atoms with Crippen molar-refractivity contribution in [1.82, 2.24) is 4.90 Å². The van der Waals surface area contributed by atoms with Crippen molar-refractivity contribution >= 4 is 5.91 Å². The molecule has 0 spiro atoms. The molecule has 92 valence electrons. The zero-order chi connectivity index (χ0) is 12.3. The van der Waals surface area contributed by atoms with Crippen molar-refractivity contribution in [3.63, 3.8) is 0 Å². The number of hydrogen-bond donors (Lipinski definition) is 2. The van der Waals surface area contributed by atoms with E-state index >= 15 is 0 Å². The number of amides is 1. The number of carbonyl (C=O) groups is 1. The minimum absolute atomic E-state index is 0.107. The Bertz CT molecular complexity index is 390. The summed E-state index contributed by atoms with van der Waals surface area (Å²) in [5.74, 6) is -0.0189. The Kier molecular flexibility index (Phi) is 3.61. The lowest BCUT2D eigenvalue weighted by Crippen LogP contribution is -2.50. The molecule has 1 aliphatic heterocycles. The van der Waals surface area contributed by atoms with E-state index in [1.807, 2.05) is 0 Å². The summed E-state index contributed by atoms with van der Waals surface area (Å²) in [5.41, 5.74) is 0.503. The fourth-order valence-corrected chi connectivity index (χ4v) is 1.84. The highest BCUT2D eigenvalue weighted by Gasteiger charge is 2.27. The highest BCUT2D eigenvalue weighted by atomic mass is 16.5. The Hall–Kier alpha value is -1.59. The van der Waals surface area contributed by atoms with Gasteiger partial charge in [-0.25, -0.2) is 0 Å². The number of nitrogens with zero attached hydrogens (tertiary/aromatic N) is 1. The summed E-state index contributed by atoms with van der Waals surface area (Å²) in [6.07, 6.45) is 0. The maximum atomic E-state index is 12.2. The number of benzene rings is 1. The van der Waals surface area contributed by atoms with Crippen LogP contribution in [0.5, 0.6) is 5.75 Å². The molecule has 1 unspecified atom stereocenters. The molecule has 0 aliphatic carbocycles. The van der Waals surface area contributed by atoms with Crippen molar-refractivity contribution in [3.05, 3.63) is 29.8 Å². The van der Waals surface area contributed by atoms with Gasteiger partial charge in [0, 0.05) is 12.1 Å². The second kappa shape index (κ2) is 5.16. The number of phenols is 1. The molecule has 1 aromatic rings. The molecule has 5 heteroatoms. The van der Waals surface area contributed by atoms with Gasteiger partial charge in [-0.05, 0) is 24.3 Å². The average Bonchev–Trinajstić information content (AvgIpc) is 2.39. The Morgan fingerprint density at radius 1 is 1.41 bits per heavy atom. The summed E-state index contributed by atoms with van der Waals surface area (Å²) in [4.78, 5) is 13.8. The Morgan fingerprint density at radius 2 is 2.12 bits per heavy atom. The lowest BCUT2D eigenvalue weighted by molar-refractivity contribution is -0.0183. The van der Waals surface area contributed by atoms with Crippen LogP contribution in [0.15, 0.2) is 24.3 Å². The number of morpholine rings is 1. The fraction of sp³-hybridized carbons (Fsp3) is 0.417. The van der Waals surface area contributed by atoms with Crippen molar-refractivity contribution in [2.24, 2.45) is 0 Å². The summed E-state index contributed by atoms with van der Waals surface area (Å²) in [7, 11) is 0. The summed E-state index contributed by atoms with van der Waals surface area (Å²) in [6, 6.07) is 5.80. The second-order valence-corrected chi connectivity index (χ2v) is 3.96. The molecular weight excluding hydrogens is 222 g/mol. The number of ether oxygens (including phenoxy) is 1. The van der Waals surface area contributed by atoms with E-state index in [4.69, 9.17) is 9.84 Å². The van der Waals surface area contributed by atoms with Crippen LogP contribution < -0.4 is 0 Å². The molecule has 1 fully saturated rings. The molecule has 1 heterocycles. The molecule has 1 atom stereocenters. The number of aromatic hydroxyl groups is 1. The summed E-state index contributed by atoms with van der Waals surface area (Å²) in [6.45, 7) is 1.22. The average molecular weight is 237 g/mol. The minimum Gasteiger partial charge on any atom is -0.508 e. The molecule has 0 radical (unpaired) electrons. The van der Waals surface area contributed by atoms with Gasteiger partial charge in [0.2, 0.25) is 0 Å². The maximum absolute atomic E-state index is 12.2. The van der Waals surface area contributed by atoms with Crippen LogP contribution in [-0.4, -0.2) is 53.4 Å². The van der Waals surface area contributed by atoms with Crippen molar-refractivity contribution in [1.29, 1.82) is 0 Å². The zero-order valence-electron chi connectivity index (χ0n) is 9.37. The van der Waals surface area contributed by atoms with Gasteiger partial charge in [-0.15, -0.1) is 0 Å². The van der Waals surface area contributed by atoms with Crippen LogP contribution in [0.3, 0.4) is 0 Å². The molecule has 2 rings (SSSR count). The standard InChI is InChI=1S/C12H15NO4/c14-7-10-8-17-6-5-13(10)12(16)9-1-3-11(15)4-2-9/h1-4,10,14-15H,5-8H2. The molecule has 0 saturated carbocycles. The highest BCUT2D eigenvalue weighted by molar-refractivity contribution is 5.94. The van der Waals surface area contributed by atoms with Gasteiger partial charge in [0.25, 0.3) is 5.91 Å². The molecule has 5 nitrogen and oxygen atoms in total. The van der Waals surface area contributed by atoms with E-state index in [9.17, 15) is 9.90 Å². The number of aliphatic hydroxyl groups excluding tert-OH is 1. The first-order valence-electron chi connectivity index (χ1n) is 5.51. The van der Waals surface area contributed by atoms with Crippen LogP contribution >= 0.6 is 0 Å². The largest absolute Gasteiger partial charge is 0.508 e. The van der Waals surface area contributed by atoms with Gasteiger partial charge in [0.05, 0.1) is 25.9 Å². The third-order valence-corrected chi connectivity index (χ3v) is 2.81. The minimum atomic E-state index is -0.287. The van der Waals surface area contributed by atoms with Gasteiger partial charge in [-0.1, -0.05) is 0 Å². The Morgan fingerprint density at radius 3 is 2.76 bits per heavy atom. The second-order valence-electron chi connectivity index (χ2n) is 3.96. The number of phenolic OH excluding ortho intramolecular Hbond substituents is 1. The fourth-order valence-electron chi connectivity index (χ4n) is 1.84. The van der Waals surface area contributed by atoms with Gasteiger partial charge in [0.1, 0.15) is 5.75 Å². The molecule has 1 amide bonds. The monoisotopic (exact) mass is 237 g/mol. The number of aliphatic hydroxyl groups is 1. The molecule has 0 bridgehead atoms. The van der Waals surface area contributed by atoms with Gasteiger partial charge in [-0.3, -0.25) is 4.79 Å². The lowest BCUT2D eigenvalue weighted by Gasteiger charge is -2.34. The van der Waals surface area contributed by atoms with Gasteiger partial charge < -0.3 is 19.8 Å². The van der Waals surface area contributed by atoms with E-state index in [1.165, 1.54) is 12.1 Å². The van der Waals surface area contributed by atoms with Crippen molar-refractivity contribution in [2.75, 3.05) is 26.4 Å². The zero-order valence-corrected chi connectivity index (χ0v) is 9.37. The molecular formula is C12H15NO4. The highest BCUT2D eigenvalue weighted by Crippen LogP contribution is 2.15. The summed E-state index contributed by atoms with van der Waals surface area (Å²) in [5, 5.41) is 18.3. The van der Waals surface area contributed by atoms with Crippen molar-refractivity contribution in [3.8, 4) is 5.75 Å². The van der Waals surface area contributed by atoms with Gasteiger partial charge in [-0.2, -0.15) is 0 Å². The Balaban J connectivity index is 2.15. The van der Waals surface area contributed by atoms with E-state index in [0.29, 0.717) is 25.3 Å². The molecule has 0 aromatic heterocycles. The predicted molar refractivity (Wildman–Crippen MR) is 60.8 cm³/mol. The molecule has 1 saturated heterocycles. The van der Waals surface area contributed by atoms with Crippen LogP contribution in [0.2, 0.25) is 0 Å². The smallest absolute Gasteiger partial charge is 0.254 e. The molecule has 17 heavy (non-hydrogen) atoms. The third-order valence-electron chi connectivity index (χ3n) is 2.81. The SMILES string of the molecule is O=C(c1ccc(O)cc1)N1CCOCC1CO. The maximum Gasteiger partial charge on any atom is 0.254 e. The summed E-state index contributed by atoms with van der Waals surface area (Å²) >= 11 is 0. The topological polar surface area (TPSA) is 70.0 Å². The lowest BCUT2D eigenvalue weighted by atomic mass is 10.1. The number of carbonyl (C=O) groups excluding carboxylic acids is 1. The van der Waals surface area contributed by atoms with E-state index in [1.54, 1.807) is 17.0 Å². The van der Waals surface area contributed by atoms with Crippen LogP contribution in [-0.2, 0) is 4.74 Å². The first-order chi connectivity index (χ1) is 8.22. The van der Waals surface area contributed by atoms with Gasteiger partial charge >= 0.3 is 0 Å². The van der Waals surface area contributed by atoms with E-state index < -0.39 is 0 Å². The van der Waals surface area contributed by atoms with E-state index in [0.717, 1.165) is 0 Å². The third kappa shape index (κ3) is 2.57. The number of hydrogen-bond acceptors (Lipinski definition) is 4. The van der Waals surface area contributed by atoms with Crippen LogP contribution in [0, 0.1) is 0 Å². The predicted octanol–water partition coefficient (Wildman–Crippen LogP) is 0.226. The van der Waals surface area contributed by atoms with Crippen LogP contribution in [0.25, 0.3) is 0 Å². The number of rotatable bonds is 2. The normalized spacial score (nSPS) is 20.3. The Labute approximate surface area is 99.2 Å². The molecule has 1 aliphatic rings. The molecule has 1 aromatic carbocycles. The van der Waals surface area contributed by atoms with Crippen LogP contribution in [0.4, 0.5) is 0 Å². The first-order valence-corrected chi connectivity index (χ1v) is 5.51. The van der Waals surface area contributed by atoms with E-state index in [2.05, 4.69) is 0 Å². The summed E-state index contributed by atoms with van der Waals surface area (Å²) < 4.78 is 5.21.